The number of carbonyl (C=O) groups is 1. The van der Waals surface area contributed by atoms with Crippen molar-refractivity contribution in [1.29, 1.82) is 0 Å². The number of carbonyl (C=O) groups excluding carboxylic acids is 1. The zero-order valence-corrected chi connectivity index (χ0v) is 9.67. The molecule has 0 spiro atoms. The number of fused-ring (bicyclic) bond motifs is 1. The number of halogens is 1. The van der Waals surface area contributed by atoms with Crippen LogP contribution in [0.15, 0.2) is 30.3 Å². The van der Waals surface area contributed by atoms with Crippen molar-refractivity contribution >= 4 is 32.7 Å². The molecule has 2 aromatic rings. The second kappa shape index (κ2) is 4.49. The van der Waals surface area contributed by atoms with Crippen LogP contribution in [0.3, 0.4) is 0 Å². The SMILES string of the molecule is O=C(NCCBr)c1cc2ccccc2[nH]1. The van der Waals surface area contributed by atoms with Crippen LogP contribution in [0.1, 0.15) is 10.5 Å². The fraction of sp³-hybridized carbons (Fsp3) is 0.182. The minimum Gasteiger partial charge on any atom is -0.351 e. The van der Waals surface area contributed by atoms with Crippen LogP contribution >= 0.6 is 15.9 Å². The molecule has 1 aromatic heterocycles. The van der Waals surface area contributed by atoms with Crippen molar-refractivity contribution in [1.82, 2.24) is 10.3 Å². The standard InChI is InChI=1S/C11H11BrN2O/c12-5-6-13-11(15)10-7-8-3-1-2-4-9(8)14-10/h1-4,7,14H,5-6H2,(H,13,15). The van der Waals surface area contributed by atoms with Gasteiger partial charge in [0.05, 0.1) is 0 Å². The first-order chi connectivity index (χ1) is 7.31. The maximum atomic E-state index is 11.6. The Bertz CT molecular complexity index is 445. The smallest absolute Gasteiger partial charge is 0.267 e. The van der Waals surface area contributed by atoms with Crippen molar-refractivity contribution in [3.63, 3.8) is 0 Å². The Hall–Kier alpha value is -1.29. The molecule has 0 saturated heterocycles. The zero-order valence-electron chi connectivity index (χ0n) is 8.09. The molecule has 15 heavy (non-hydrogen) atoms. The molecule has 0 fully saturated rings. The molecule has 3 nitrogen and oxygen atoms in total. The normalized spacial score (nSPS) is 10.5. The Morgan fingerprint density at radius 2 is 2.20 bits per heavy atom. The second-order valence-electron chi connectivity index (χ2n) is 3.22. The molecule has 0 saturated carbocycles. The number of amides is 1. The molecule has 4 heteroatoms. The summed E-state index contributed by atoms with van der Waals surface area (Å²) in [6.45, 7) is 0.633. The van der Waals surface area contributed by atoms with Crippen molar-refractivity contribution in [2.24, 2.45) is 0 Å². The van der Waals surface area contributed by atoms with Gasteiger partial charge in [-0.2, -0.15) is 0 Å². The number of aromatic nitrogens is 1. The van der Waals surface area contributed by atoms with E-state index in [1.807, 2.05) is 30.3 Å². The van der Waals surface area contributed by atoms with Crippen LogP contribution in [0.5, 0.6) is 0 Å². The molecule has 2 rings (SSSR count). The number of hydrogen-bond donors (Lipinski definition) is 2. The lowest BCUT2D eigenvalue weighted by Gasteiger charge is -1.98. The van der Waals surface area contributed by atoms with Crippen molar-refractivity contribution in [2.45, 2.75) is 0 Å². The third-order valence-corrected chi connectivity index (χ3v) is 2.55. The number of hydrogen-bond acceptors (Lipinski definition) is 1. The van der Waals surface area contributed by atoms with Gasteiger partial charge >= 0.3 is 0 Å². The molecule has 0 unspecified atom stereocenters. The lowest BCUT2D eigenvalue weighted by molar-refractivity contribution is 0.0952. The highest BCUT2D eigenvalue weighted by molar-refractivity contribution is 9.09. The van der Waals surface area contributed by atoms with Gasteiger partial charge in [0, 0.05) is 22.8 Å². The monoisotopic (exact) mass is 266 g/mol. The van der Waals surface area contributed by atoms with E-state index in [0.717, 1.165) is 16.2 Å². The van der Waals surface area contributed by atoms with E-state index in [9.17, 15) is 4.79 Å². The quantitative estimate of drug-likeness (QED) is 0.823. The molecule has 0 radical (unpaired) electrons. The first kappa shape index (κ1) is 10.2. The Balaban J connectivity index is 2.25. The largest absolute Gasteiger partial charge is 0.351 e. The fourth-order valence-corrected chi connectivity index (χ4v) is 1.65. The average Bonchev–Trinajstić information content (AvgIpc) is 2.69. The summed E-state index contributed by atoms with van der Waals surface area (Å²) in [6, 6.07) is 9.69. The van der Waals surface area contributed by atoms with E-state index >= 15 is 0 Å². The van der Waals surface area contributed by atoms with Crippen LogP contribution in [0, 0.1) is 0 Å². The number of nitrogens with one attached hydrogen (secondary N) is 2. The summed E-state index contributed by atoms with van der Waals surface area (Å²) >= 11 is 3.26. The Morgan fingerprint density at radius 1 is 1.40 bits per heavy atom. The van der Waals surface area contributed by atoms with Gasteiger partial charge in [0.25, 0.3) is 5.91 Å². The van der Waals surface area contributed by atoms with Crippen LogP contribution in [-0.4, -0.2) is 22.8 Å². The Labute approximate surface area is 96.0 Å². The van der Waals surface area contributed by atoms with Gasteiger partial charge in [-0.05, 0) is 12.1 Å². The number of H-pyrrole nitrogens is 1. The number of aromatic amines is 1. The van der Waals surface area contributed by atoms with Gasteiger partial charge in [-0.25, -0.2) is 0 Å². The first-order valence-corrected chi connectivity index (χ1v) is 5.85. The number of benzene rings is 1. The van der Waals surface area contributed by atoms with Crippen LogP contribution in [0.4, 0.5) is 0 Å². The van der Waals surface area contributed by atoms with Crippen molar-refractivity contribution in [2.75, 3.05) is 11.9 Å². The van der Waals surface area contributed by atoms with E-state index in [4.69, 9.17) is 0 Å². The highest BCUT2D eigenvalue weighted by Crippen LogP contribution is 2.14. The molecule has 1 heterocycles. The van der Waals surface area contributed by atoms with E-state index in [2.05, 4.69) is 26.2 Å². The molecule has 0 bridgehead atoms. The Kier molecular flexibility index (Phi) is 3.06. The van der Waals surface area contributed by atoms with Crippen molar-refractivity contribution in [3.05, 3.63) is 36.0 Å². The van der Waals surface area contributed by atoms with Crippen LogP contribution in [0.25, 0.3) is 10.9 Å². The molecule has 78 valence electrons. The summed E-state index contributed by atoms with van der Waals surface area (Å²) in [7, 11) is 0. The van der Waals surface area contributed by atoms with Gasteiger partial charge < -0.3 is 10.3 Å². The second-order valence-corrected chi connectivity index (χ2v) is 4.01. The van der Waals surface area contributed by atoms with Gasteiger partial charge in [0.1, 0.15) is 5.69 Å². The minimum atomic E-state index is -0.0642. The summed E-state index contributed by atoms with van der Waals surface area (Å²) in [5, 5.41) is 4.61. The van der Waals surface area contributed by atoms with E-state index in [1.54, 1.807) is 0 Å². The predicted octanol–water partition coefficient (Wildman–Crippen LogP) is 2.29. The topological polar surface area (TPSA) is 44.9 Å². The summed E-state index contributed by atoms with van der Waals surface area (Å²) in [4.78, 5) is 14.7. The highest BCUT2D eigenvalue weighted by Gasteiger charge is 2.07. The summed E-state index contributed by atoms with van der Waals surface area (Å²) in [5.74, 6) is -0.0642. The molecule has 0 aliphatic rings. The van der Waals surface area contributed by atoms with Crippen LogP contribution in [0.2, 0.25) is 0 Å². The maximum absolute atomic E-state index is 11.6. The zero-order chi connectivity index (χ0) is 10.7. The van der Waals surface area contributed by atoms with Crippen LogP contribution in [-0.2, 0) is 0 Å². The first-order valence-electron chi connectivity index (χ1n) is 4.73. The van der Waals surface area contributed by atoms with E-state index in [1.165, 1.54) is 0 Å². The maximum Gasteiger partial charge on any atom is 0.267 e. The number of para-hydroxylation sites is 1. The predicted molar refractivity (Wildman–Crippen MR) is 64.4 cm³/mol. The lowest BCUT2D eigenvalue weighted by atomic mass is 10.2. The summed E-state index contributed by atoms with van der Waals surface area (Å²) in [5.41, 5.74) is 1.60. The third-order valence-electron chi connectivity index (χ3n) is 2.15. The lowest BCUT2D eigenvalue weighted by Crippen LogP contribution is -2.25. The molecule has 1 amide bonds. The molecule has 2 N–H and O–H groups in total. The number of rotatable bonds is 3. The van der Waals surface area contributed by atoms with Crippen molar-refractivity contribution in [3.8, 4) is 0 Å². The van der Waals surface area contributed by atoms with Crippen molar-refractivity contribution < 1.29 is 4.79 Å². The Morgan fingerprint density at radius 3 is 2.93 bits per heavy atom. The molecule has 1 aromatic carbocycles. The van der Waals surface area contributed by atoms with E-state index in [-0.39, 0.29) is 5.91 Å². The molecule has 0 atom stereocenters. The highest BCUT2D eigenvalue weighted by atomic mass is 79.9. The molecule has 0 aliphatic carbocycles. The van der Waals surface area contributed by atoms with Gasteiger partial charge in [-0.1, -0.05) is 34.1 Å². The third kappa shape index (κ3) is 2.21. The van der Waals surface area contributed by atoms with E-state index in [0.29, 0.717) is 12.2 Å². The van der Waals surface area contributed by atoms with E-state index < -0.39 is 0 Å². The van der Waals surface area contributed by atoms with Gasteiger partial charge in [-0.3, -0.25) is 4.79 Å². The summed E-state index contributed by atoms with van der Waals surface area (Å²) < 4.78 is 0. The van der Waals surface area contributed by atoms with Gasteiger partial charge in [-0.15, -0.1) is 0 Å². The summed E-state index contributed by atoms with van der Waals surface area (Å²) in [6.07, 6.45) is 0. The number of alkyl halides is 1. The molecule has 0 aliphatic heterocycles. The van der Waals surface area contributed by atoms with Gasteiger partial charge in [0.2, 0.25) is 0 Å². The average molecular weight is 267 g/mol. The van der Waals surface area contributed by atoms with Gasteiger partial charge in [0.15, 0.2) is 0 Å². The molecular formula is C11H11BrN2O. The van der Waals surface area contributed by atoms with Crippen LogP contribution < -0.4 is 5.32 Å². The minimum absolute atomic E-state index is 0.0642. The molecular weight excluding hydrogens is 256 g/mol. The fourth-order valence-electron chi connectivity index (χ4n) is 1.45.